The number of carbonyl (C=O) groups is 2. The van der Waals surface area contributed by atoms with Crippen molar-refractivity contribution < 1.29 is 19.4 Å². The van der Waals surface area contributed by atoms with Crippen LogP contribution in [0.1, 0.15) is 29.6 Å². The number of aliphatic carboxylic acids is 1. The maximum atomic E-state index is 12.0. The van der Waals surface area contributed by atoms with Crippen LogP contribution in [0.3, 0.4) is 0 Å². The zero-order valence-corrected chi connectivity index (χ0v) is 10.6. The molecule has 0 radical (unpaired) electrons. The molecule has 1 aliphatic carbocycles. The summed E-state index contributed by atoms with van der Waals surface area (Å²) in [5.74, 6) is -0.481. The molecule has 1 saturated carbocycles. The highest BCUT2D eigenvalue weighted by atomic mass is 16.5. The molecule has 0 aliphatic heterocycles. The van der Waals surface area contributed by atoms with Crippen LogP contribution in [0.4, 0.5) is 0 Å². The minimum absolute atomic E-state index is 0.0417. The van der Waals surface area contributed by atoms with Crippen molar-refractivity contribution >= 4 is 11.9 Å². The molecule has 0 aromatic carbocycles. The smallest absolute Gasteiger partial charge is 0.305 e. The molecular weight excluding hydrogens is 248 g/mol. The summed E-state index contributed by atoms with van der Waals surface area (Å²) in [6, 6.07) is 2.90. The molecule has 1 unspecified atom stereocenters. The Hall–Kier alpha value is -2.11. The van der Waals surface area contributed by atoms with Crippen LogP contribution in [-0.4, -0.2) is 35.1 Å². The molecule has 6 heteroatoms. The van der Waals surface area contributed by atoms with E-state index in [1.807, 2.05) is 0 Å². The molecule has 1 aliphatic rings. The Morgan fingerprint density at radius 1 is 1.53 bits per heavy atom. The van der Waals surface area contributed by atoms with Crippen LogP contribution in [0.2, 0.25) is 0 Å². The Bertz CT molecular complexity index is 468. The van der Waals surface area contributed by atoms with Gasteiger partial charge in [0.2, 0.25) is 5.88 Å². The third-order valence-electron chi connectivity index (χ3n) is 3.11. The van der Waals surface area contributed by atoms with Crippen molar-refractivity contribution in [1.29, 1.82) is 0 Å². The van der Waals surface area contributed by atoms with E-state index in [1.165, 1.54) is 13.3 Å². The second kappa shape index (κ2) is 5.69. The first kappa shape index (κ1) is 13.3. The number of amides is 1. The summed E-state index contributed by atoms with van der Waals surface area (Å²) in [6.07, 6.45) is 3.32. The van der Waals surface area contributed by atoms with Crippen LogP contribution in [0.5, 0.6) is 5.88 Å². The predicted octanol–water partition coefficient (Wildman–Crippen LogP) is 1.07. The average molecular weight is 264 g/mol. The molecule has 0 bridgehead atoms. The van der Waals surface area contributed by atoms with Gasteiger partial charge in [0.25, 0.3) is 5.91 Å². The largest absolute Gasteiger partial charge is 0.481 e. The Morgan fingerprint density at radius 2 is 2.26 bits per heavy atom. The Morgan fingerprint density at radius 3 is 2.74 bits per heavy atom. The van der Waals surface area contributed by atoms with E-state index in [1.54, 1.807) is 12.1 Å². The van der Waals surface area contributed by atoms with Crippen molar-refractivity contribution in [1.82, 2.24) is 10.3 Å². The number of ether oxygens (including phenoxy) is 1. The van der Waals surface area contributed by atoms with E-state index in [2.05, 4.69) is 10.3 Å². The Balaban J connectivity index is 1.99. The predicted molar refractivity (Wildman–Crippen MR) is 67.0 cm³/mol. The summed E-state index contributed by atoms with van der Waals surface area (Å²) in [7, 11) is 1.50. The summed E-state index contributed by atoms with van der Waals surface area (Å²) in [4.78, 5) is 26.7. The summed E-state index contributed by atoms with van der Waals surface area (Å²) >= 11 is 0. The standard InChI is InChI=1S/C13H16N2O4/c1-19-11-5-4-9(7-14-11)13(18)15-10(6-12(16)17)8-2-3-8/h4-5,7-8,10H,2-3,6H2,1H3,(H,15,18)(H,16,17). The third kappa shape index (κ3) is 3.67. The van der Waals surface area contributed by atoms with E-state index >= 15 is 0 Å². The number of hydrogen-bond acceptors (Lipinski definition) is 4. The molecular formula is C13H16N2O4. The first-order valence-corrected chi connectivity index (χ1v) is 6.13. The van der Waals surface area contributed by atoms with E-state index in [4.69, 9.17) is 9.84 Å². The van der Waals surface area contributed by atoms with Crippen molar-refractivity contribution in [2.24, 2.45) is 5.92 Å². The number of methoxy groups -OCH3 is 1. The van der Waals surface area contributed by atoms with E-state index in [0.717, 1.165) is 12.8 Å². The molecule has 1 aromatic heterocycles. The van der Waals surface area contributed by atoms with Crippen molar-refractivity contribution in [3.8, 4) is 5.88 Å². The fourth-order valence-corrected chi connectivity index (χ4v) is 1.91. The van der Waals surface area contributed by atoms with Gasteiger partial charge in [0.05, 0.1) is 19.1 Å². The van der Waals surface area contributed by atoms with Gasteiger partial charge >= 0.3 is 5.97 Å². The van der Waals surface area contributed by atoms with E-state index < -0.39 is 5.97 Å². The topological polar surface area (TPSA) is 88.5 Å². The lowest BCUT2D eigenvalue weighted by Crippen LogP contribution is -2.38. The number of hydrogen-bond donors (Lipinski definition) is 2. The molecule has 1 aromatic rings. The third-order valence-corrected chi connectivity index (χ3v) is 3.11. The van der Waals surface area contributed by atoms with Crippen molar-refractivity contribution in [3.05, 3.63) is 23.9 Å². The summed E-state index contributed by atoms with van der Waals surface area (Å²) in [5.41, 5.74) is 0.400. The van der Waals surface area contributed by atoms with Crippen LogP contribution < -0.4 is 10.1 Å². The van der Waals surface area contributed by atoms with Crippen LogP contribution >= 0.6 is 0 Å². The van der Waals surface area contributed by atoms with Crippen molar-refractivity contribution in [3.63, 3.8) is 0 Å². The number of carboxylic acid groups (broad SMARTS) is 1. The molecule has 1 amide bonds. The molecule has 1 fully saturated rings. The molecule has 102 valence electrons. The maximum absolute atomic E-state index is 12.0. The maximum Gasteiger partial charge on any atom is 0.305 e. The van der Waals surface area contributed by atoms with E-state index in [0.29, 0.717) is 11.4 Å². The van der Waals surface area contributed by atoms with Crippen molar-refractivity contribution in [2.75, 3.05) is 7.11 Å². The molecule has 2 rings (SSSR count). The summed E-state index contributed by atoms with van der Waals surface area (Å²) < 4.78 is 4.91. The van der Waals surface area contributed by atoms with Gasteiger partial charge in [-0.1, -0.05) is 0 Å². The van der Waals surface area contributed by atoms with Gasteiger partial charge in [-0.05, 0) is 24.8 Å². The highest BCUT2D eigenvalue weighted by molar-refractivity contribution is 5.94. The second-order valence-corrected chi connectivity index (χ2v) is 4.60. The van der Waals surface area contributed by atoms with Crippen molar-refractivity contribution in [2.45, 2.75) is 25.3 Å². The Kier molecular flexibility index (Phi) is 3.99. The number of aromatic nitrogens is 1. The molecule has 6 nitrogen and oxygen atoms in total. The zero-order valence-electron chi connectivity index (χ0n) is 10.6. The molecule has 1 heterocycles. The fraction of sp³-hybridized carbons (Fsp3) is 0.462. The second-order valence-electron chi connectivity index (χ2n) is 4.60. The van der Waals surface area contributed by atoms with E-state index in [9.17, 15) is 9.59 Å². The number of nitrogens with one attached hydrogen (secondary N) is 1. The quantitative estimate of drug-likeness (QED) is 0.802. The van der Waals surface area contributed by atoms with Gasteiger partial charge in [0.1, 0.15) is 0 Å². The van der Waals surface area contributed by atoms with Crippen LogP contribution in [0.25, 0.3) is 0 Å². The van der Waals surface area contributed by atoms with Gasteiger partial charge in [-0.2, -0.15) is 0 Å². The van der Waals surface area contributed by atoms with Crippen LogP contribution in [0.15, 0.2) is 18.3 Å². The molecule has 2 N–H and O–H groups in total. The monoisotopic (exact) mass is 264 g/mol. The van der Waals surface area contributed by atoms with Gasteiger partial charge in [-0.3, -0.25) is 9.59 Å². The summed E-state index contributed by atoms with van der Waals surface area (Å²) in [5, 5.41) is 11.6. The zero-order chi connectivity index (χ0) is 13.8. The van der Waals surface area contributed by atoms with Gasteiger partial charge in [0, 0.05) is 18.3 Å². The number of carboxylic acids is 1. The van der Waals surface area contributed by atoms with Crippen LogP contribution in [0, 0.1) is 5.92 Å². The highest BCUT2D eigenvalue weighted by Gasteiger charge is 2.33. The number of pyridine rings is 1. The molecule has 1 atom stereocenters. The number of rotatable bonds is 6. The molecule has 0 spiro atoms. The van der Waals surface area contributed by atoms with Gasteiger partial charge in [-0.15, -0.1) is 0 Å². The summed E-state index contributed by atoms with van der Waals surface area (Å²) in [6.45, 7) is 0. The number of nitrogens with zero attached hydrogens (tertiary/aromatic N) is 1. The molecule has 0 saturated heterocycles. The van der Waals surface area contributed by atoms with E-state index in [-0.39, 0.29) is 24.3 Å². The van der Waals surface area contributed by atoms with Crippen LogP contribution in [-0.2, 0) is 4.79 Å². The normalized spacial score (nSPS) is 15.6. The van der Waals surface area contributed by atoms with Gasteiger partial charge < -0.3 is 15.2 Å². The first-order chi connectivity index (χ1) is 9.10. The highest BCUT2D eigenvalue weighted by Crippen LogP contribution is 2.34. The first-order valence-electron chi connectivity index (χ1n) is 6.13. The fourth-order valence-electron chi connectivity index (χ4n) is 1.91. The average Bonchev–Trinajstić information content (AvgIpc) is 3.21. The van der Waals surface area contributed by atoms with Gasteiger partial charge in [0.15, 0.2) is 0 Å². The SMILES string of the molecule is COc1ccc(C(=O)NC(CC(=O)O)C2CC2)cn1. The minimum atomic E-state index is -0.898. The molecule has 19 heavy (non-hydrogen) atoms. The number of carbonyl (C=O) groups excluding carboxylic acids is 1. The lowest BCUT2D eigenvalue weighted by molar-refractivity contribution is -0.137. The lowest BCUT2D eigenvalue weighted by atomic mass is 10.1. The Labute approximate surface area is 110 Å². The lowest BCUT2D eigenvalue weighted by Gasteiger charge is -2.16. The minimum Gasteiger partial charge on any atom is -0.481 e. The van der Waals surface area contributed by atoms with Gasteiger partial charge in [-0.25, -0.2) is 4.98 Å².